The number of aliphatic hydroxyl groups excluding tert-OH is 1. The summed E-state index contributed by atoms with van der Waals surface area (Å²) in [7, 11) is 0. The van der Waals surface area contributed by atoms with Crippen LogP contribution in [0, 0.1) is 10.1 Å². The Morgan fingerprint density at radius 3 is 2.73 bits per heavy atom. The molecule has 15 heavy (non-hydrogen) atoms. The van der Waals surface area contributed by atoms with E-state index in [0.717, 1.165) is 5.56 Å². The standard InChI is InChI=1S/C10H12ClNO3/c1-2-9(13)5-7-3-4-8(12(14)15)6-10(7)11/h3-4,6,9,13H,2,5H2,1H3. The first-order valence-electron chi connectivity index (χ1n) is 4.65. The van der Waals surface area contributed by atoms with Gasteiger partial charge in [0.1, 0.15) is 0 Å². The number of nitro benzene ring substituents is 1. The van der Waals surface area contributed by atoms with Crippen LogP contribution < -0.4 is 0 Å². The molecule has 0 radical (unpaired) electrons. The van der Waals surface area contributed by atoms with Crippen molar-refractivity contribution < 1.29 is 10.0 Å². The van der Waals surface area contributed by atoms with Crippen molar-refractivity contribution in [2.24, 2.45) is 0 Å². The largest absolute Gasteiger partial charge is 0.393 e. The highest BCUT2D eigenvalue weighted by atomic mass is 35.5. The van der Waals surface area contributed by atoms with Gasteiger partial charge in [-0.15, -0.1) is 0 Å². The fraction of sp³-hybridized carbons (Fsp3) is 0.400. The zero-order chi connectivity index (χ0) is 11.4. The first-order valence-corrected chi connectivity index (χ1v) is 5.03. The lowest BCUT2D eigenvalue weighted by Crippen LogP contribution is -2.08. The predicted octanol–water partition coefficient (Wildman–Crippen LogP) is 2.56. The zero-order valence-electron chi connectivity index (χ0n) is 8.31. The Bertz CT molecular complexity index is 368. The van der Waals surface area contributed by atoms with Gasteiger partial charge in [0.25, 0.3) is 5.69 Å². The summed E-state index contributed by atoms with van der Waals surface area (Å²) in [5.74, 6) is 0. The molecule has 0 aliphatic carbocycles. The maximum Gasteiger partial charge on any atom is 0.270 e. The first kappa shape index (κ1) is 11.9. The van der Waals surface area contributed by atoms with Gasteiger partial charge >= 0.3 is 0 Å². The summed E-state index contributed by atoms with van der Waals surface area (Å²) in [6, 6.07) is 4.28. The van der Waals surface area contributed by atoms with Crippen LogP contribution in [-0.4, -0.2) is 16.1 Å². The fourth-order valence-corrected chi connectivity index (χ4v) is 1.47. The topological polar surface area (TPSA) is 63.4 Å². The predicted molar refractivity (Wildman–Crippen MR) is 58.1 cm³/mol. The number of benzene rings is 1. The summed E-state index contributed by atoms with van der Waals surface area (Å²) in [5, 5.41) is 20.2. The second-order valence-electron chi connectivity index (χ2n) is 3.30. The van der Waals surface area contributed by atoms with Gasteiger partial charge in [-0.2, -0.15) is 0 Å². The van der Waals surface area contributed by atoms with E-state index >= 15 is 0 Å². The minimum Gasteiger partial charge on any atom is -0.393 e. The number of rotatable bonds is 4. The van der Waals surface area contributed by atoms with E-state index in [-0.39, 0.29) is 5.69 Å². The molecule has 0 saturated carbocycles. The molecule has 0 amide bonds. The quantitative estimate of drug-likeness (QED) is 0.638. The molecule has 1 aromatic carbocycles. The Morgan fingerprint density at radius 1 is 1.60 bits per heavy atom. The van der Waals surface area contributed by atoms with Crippen LogP contribution >= 0.6 is 11.6 Å². The number of hydrogen-bond acceptors (Lipinski definition) is 3. The van der Waals surface area contributed by atoms with E-state index in [1.54, 1.807) is 6.07 Å². The normalized spacial score (nSPS) is 12.5. The molecule has 0 fully saturated rings. The third-order valence-corrected chi connectivity index (χ3v) is 2.53. The minimum absolute atomic E-state index is 0.0326. The van der Waals surface area contributed by atoms with Gasteiger partial charge in [-0.1, -0.05) is 24.6 Å². The Morgan fingerprint density at radius 2 is 2.27 bits per heavy atom. The second kappa shape index (κ2) is 5.09. The van der Waals surface area contributed by atoms with Crippen molar-refractivity contribution in [1.82, 2.24) is 0 Å². The number of nitro groups is 1. The van der Waals surface area contributed by atoms with Crippen molar-refractivity contribution in [3.8, 4) is 0 Å². The number of aliphatic hydroxyl groups is 1. The Kier molecular flexibility index (Phi) is 4.05. The molecule has 4 nitrogen and oxygen atoms in total. The molecule has 0 aromatic heterocycles. The van der Waals surface area contributed by atoms with Gasteiger partial charge < -0.3 is 5.11 Å². The number of halogens is 1. The van der Waals surface area contributed by atoms with E-state index in [2.05, 4.69) is 0 Å². The molecule has 0 saturated heterocycles. The Labute approximate surface area is 92.6 Å². The lowest BCUT2D eigenvalue weighted by atomic mass is 10.1. The van der Waals surface area contributed by atoms with E-state index in [4.69, 9.17) is 11.6 Å². The molecule has 82 valence electrons. The van der Waals surface area contributed by atoms with Gasteiger partial charge in [0.2, 0.25) is 0 Å². The summed E-state index contributed by atoms with van der Waals surface area (Å²) < 4.78 is 0. The minimum atomic E-state index is -0.494. The van der Waals surface area contributed by atoms with Crippen molar-refractivity contribution in [2.75, 3.05) is 0 Å². The molecule has 0 aliphatic rings. The maximum atomic E-state index is 10.4. The summed E-state index contributed by atoms with van der Waals surface area (Å²) in [5.41, 5.74) is 0.700. The van der Waals surface area contributed by atoms with Crippen molar-refractivity contribution in [1.29, 1.82) is 0 Å². The number of nitrogens with zero attached hydrogens (tertiary/aromatic N) is 1. The lowest BCUT2D eigenvalue weighted by molar-refractivity contribution is -0.384. The van der Waals surface area contributed by atoms with Crippen molar-refractivity contribution in [3.63, 3.8) is 0 Å². The van der Waals surface area contributed by atoms with E-state index in [0.29, 0.717) is 17.9 Å². The maximum absolute atomic E-state index is 10.4. The molecule has 0 bridgehead atoms. The molecule has 1 aromatic rings. The number of hydrogen-bond donors (Lipinski definition) is 1. The van der Waals surface area contributed by atoms with Gasteiger partial charge in [-0.3, -0.25) is 10.1 Å². The first-order chi connectivity index (χ1) is 7.04. The van der Waals surface area contributed by atoms with Crippen molar-refractivity contribution in [3.05, 3.63) is 38.9 Å². The highest BCUT2D eigenvalue weighted by Crippen LogP contribution is 2.23. The van der Waals surface area contributed by atoms with Crippen LogP contribution in [-0.2, 0) is 6.42 Å². The highest BCUT2D eigenvalue weighted by molar-refractivity contribution is 6.31. The summed E-state index contributed by atoms with van der Waals surface area (Å²) in [4.78, 5) is 9.95. The molecule has 1 rings (SSSR count). The summed E-state index contributed by atoms with van der Waals surface area (Å²) in [6.07, 6.45) is 0.602. The molecular weight excluding hydrogens is 218 g/mol. The molecule has 0 aliphatic heterocycles. The van der Waals surface area contributed by atoms with Crippen molar-refractivity contribution >= 4 is 17.3 Å². The van der Waals surface area contributed by atoms with Gasteiger partial charge in [0, 0.05) is 12.1 Å². The SMILES string of the molecule is CCC(O)Cc1ccc([N+](=O)[O-])cc1Cl. The Balaban J connectivity index is 2.88. The third kappa shape index (κ3) is 3.18. The monoisotopic (exact) mass is 229 g/mol. The van der Waals surface area contributed by atoms with Gasteiger partial charge in [-0.05, 0) is 18.4 Å². The molecule has 0 heterocycles. The van der Waals surface area contributed by atoms with Gasteiger partial charge in [-0.25, -0.2) is 0 Å². The third-order valence-electron chi connectivity index (χ3n) is 2.17. The van der Waals surface area contributed by atoms with Gasteiger partial charge in [0.05, 0.1) is 16.0 Å². The lowest BCUT2D eigenvalue weighted by Gasteiger charge is -2.08. The van der Waals surface area contributed by atoms with Crippen LogP contribution in [0.15, 0.2) is 18.2 Å². The summed E-state index contributed by atoms with van der Waals surface area (Å²) in [6.45, 7) is 1.87. The van der Waals surface area contributed by atoms with E-state index in [1.807, 2.05) is 6.92 Å². The molecule has 0 spiro atoms. The fourth-order valence-electron chi connectivity index (χ4n) is 1.21. The highest BCUT2D eigenvalue weighted by Gasteiger charge is 2.11. The van der Waals surface area contributed by atoms with Crippen LogP contribution in [0.3, 0.4) is 0 Å². The zero-order valence-corrected chi connectivity index (χ0v) is 9.07. The van der Waals surface area contributed by atoms with Crippen LogP contribution in [0.5, 0.6) is 0 Å². The average Bonchev–Trinajstić information content (AvgIpc) is 2.20. The van der Waals surface area contributed by atoms with E-state index in [1.165, 1.54) is 12.1 Å². The van der Waals surface area contributed by atoms with Crippen LogP contribution in [0.4, 0.5) is 5.69 Å². The van der Waals surface area contributed by atoms with Crippen LogP contribution in [0.25, 0.3) is 0 Å². The molecule has 1 atom stereocenters. The molecule has 5 heteroatoms. The smallest absolute Gasteiger partial charge is 0.270 e. The van der Waals surface area contributed by atoms with Crippen LogP contribution in [0.1, 0.15) is 18.9 Å². The molecular formula is C10H12ClNO3. The second-order valence-corrected chi connectivity index (χ2v) is 3.71. The number of non-ortho nitro benzene ring substituents is 1. The van der Waals surface area contributed by atoms with E-state index < -0.39 is 11.0 Å². The molecule has 1 unspecified atom stereocenters. The summed E-state index contributed by atoms with van der Waals surface area (Å²) >= 11 is 5.86. The molecule has 1 N–H and O–H groups in total. The van der Waals surface area contributed by atoms with Crippen molar-refractivity contribution in [2.45, 2.75) is 25.9 Å². The van der Waals surface area contributed by atoms with Gasteiger partial charge in [0.15, 0.2) is 0 Å². The van der Waals surface area contributed by atoms with E-state index in [9.17, 15) is 15.2 Å². The van der Waals surface area contributed by atoms with Crippen LogP contribution in [0.2, 0.25) is 5.02 Å². The Hall–Kier alpha value is -1.13. The average molecular weight is 230 g/mol.